The fraction of sp³-hybridized carbons (Fsp3) is 0.500. The van der Waals surface area contributed by atoms with Gasteiger partial charge in [-0.1, -0.05) is 32.0 Å². The van der Waals surface area contributed by atoms with Crippen LogP contribution in [0.25, 0.3) is 0 Å². The van der Waals surface area contributed by atoms with E-state index in [0.717, 1.165) is 11.3 Å². The van der Waals surface area contributed by atoms with Crippen LogP contribution in [0.4, 0.5) is 5.88 Å². The maximum atomic E-state index is 12.2. The number of nitrogens with one attached hydrogen (secondary N) is 2. The summed E-state index contributed by atoms with van der Waals surface area (Å²) in [7, 11) is 0. The summed E-state index contributed by atoms with van der Waals surface area (Å²) < 4.78 is 5.19. The van der Waals surface area contributed by atoms with Crippen LogP contribution in [-0.2, 0) is 10.2 Å². The lowest BCUT2D eigenvalue weighted by atomic mass is 9.92. The molecule has 3 rings (SSSR count). The first-order valence-corrected chi connectivity index (χ1v) is 8.34. The highest BCUT2D eigenvalue weighted by Gasteiger charge is 2.32. The van der Waals surface area contributed by atoms with Gasteiger partial charge < -0.3 is 9.84 Å². The topological polar surface area (TPSA) is 80.0 Å². The summed E-state index contributed by atoms with van der Waals surface area (Å²) in [5.41, 5.74) is 1.83. The number of carbonyl (C=O) groups excluding carboxylic acids is 1. The Labute approximate surface area is 142 Å². The van der Waals surface area contributed by atoms with Gasteiger partial charge in [0, 0.05) is 29.9 Å². The van der Waals surface area contributed by atoms with Gasteiger partial charge >= 0.3 is 0 Å². The van der Waals surface area contributed by atoms with E-state index >= 15 is 0 Å². The predicted octanol–water partition coefficient (Wildman–Crippen LogP) is 3.05. The van der Waals surface area contributed by atoms with E-state index in [4.69, 9.17) is 4.52 Å². The molecular weight excluding hydrogens is 304 g/mol. The number of nitrogens with zero attached hydrogens (tertiary/aromatic N) is 2. The lowest BCUT2D eigenvalue weighted by Crippen LogP contribution is -2.32. The number of amides is 1. The van der Waals surface area contributed by atoms with E-state index in [1.54, 1.807) is 12.3 Å². The molecule has 2 N–H and O–H groups in total. The van der Waals surface area contributed by atoms with E-state index < -0.39 is 0 Å². The fourth-order valence-electron chi connectivity index (χ4n) is 2.62. The van der Waals surface area contributed by atoms with Crippen molar-refractivity contribution < 1.29 is 9.32 Å². The molecular formula is C18H24N4O2. The van der Waals surface area contributed by atoms with Crippen LogP contribution in [0.15, 0.2) is 35.1 Å². The van der Waals surface area contributed by atoms with Crippen LogP contribution in [0.3, 0.4) is 0 Å². The molecule has 2 aromatic rings. The average molecular weight is 328 g/mol. The molecule has 24 heavy (non-hydrogen) atoms. The molecule has 6 heteroatoms. The van der Waals surface area contributed by atoms with Gasteiger partial charge in [-0.3, -0.25) is 15.1 Å². The van der Waals surface area contributed by atoms with Crippen molar-refractivity contribution in [3.05, 3.63) is 41.9 Å². The quantitative estimate of drug-likeness (QED) is 0.852. The van der Waals surface area contributed by atoms with Gasteiger partial charge in [-0.25, -0.2) is 0 Å². The molecule has 0 bridgehead atoms. The number of rotatable bonds is 6. The van der Waals surface area contributed by atoms with E-state index in [1.807, 2.05) is 39.1 Å². The second-order valence-corrected chi connectivity index (χ2v) is 7.36. The molecule has 6 nitrogen and oxygen atoms in total. The number of hydrogen-bond acceptors (Lipinski definition) is 5. The first kappa shape index (κ1) is 16.6. The SMILES string of the molecule is CC(C)(C)c1cc(NC(=O)CN[C@@H](c2cccnc2)C2CC2)on1. The number of anilines is 1. The Hall–Kier alpha value is -2.21. The van der Waals surface area contributed by atoms with Crippen molar-refractivity contribution in [1.29, 1.82) is 0 Å². The monoisotopic (exact) mass is 328 g/mol. The van der Waals surface area contributed by atoms with Gasteiger partial charge in [0.15, 0.2) is 0 Å². The third-order valence-corrected chi connectivity index (χ3v) is 4.16. The molecule has 1 aliphatic carbocycles. The van der Waals surface area contributed by atoms with Crippen molar-refractivity contribution >= 4 is 11.8 Å². The highest BCUT2D eigenvalue weighted by atomic mass is 16.5. The Balaban J connectivity index is 1.56. The van der Waals surface area contributed by atoms with Crippen LogP contribution in [-0.4, -0.2) is 22.6 Å². The van der Waals surface area contributed by atoms with E-state index in [-0.39, 0.29) is 23.9 Å². The Kier molecular flexibility index (Phi) is 4.66. The molecule has 1 saturated carbocycles. The minimum Gasteiger partial charge on any atom is -0.338 e. The van der Waals surface area contributed by atoms with Crippen molar-refractivity contribution in [3.8, 4) is 0 Å². The lowest BCUT2D eigenvalue weighted by molar-refractivity contribution is -0.115. The van der Waals surface area contributed by atoms with Crippen LogP contribution in [0, 0.1) is 5.92 Å². The Morgan fingerprint density at radius 1 is 1.42 bits per heavy atom. The van der Waals surface area contributed by atoms with Crippen molar-refractivity contribution in [3.63, 3.8) is 0 Å². The molecule has 0 aliphatic heterocycles. The van der Waals surface area contributed by atoms with Gasteiger partial charge in [0.2, 0.25) is 11.8 Å². The van der Waals surface area contributed by atoms with Crippen LogP contribution < -0.4 is 10.6 Å². The molecule has 2 heterocycles. The van der Waals surface area contributed by atoms with Crippen LogP contribution in [0.1, 0.15) is 50.9 Å². The molecule has 1 amide bonds. The summed E-state index contributed by atoms with van der Waals surface area (Å²) in [5, 5.41) is 10.1. The number of aromatic nitrogens is 2. The maximum absolute atomic E-state index is 12.2. The first-order chi connectivity index (χ1) is 11.4. The predicted molar refractivity (Wildman–Crippen MR) is 91.5 cm³/mol. The zero-order valence-electron chi connectivity index (χ0n) is 14.4. The van der Waals surface area contributed by atoms with E-state index in [9.17, 15) is 4.79 Å². The fourth-order valence-corrected chi connectivity index (χ4v) is 2.62. The summed E-state index contributed by atoms with van der Waals surface area (Å²) in [6.45, 7) is 6.37. The van der Waals surface area contributed by atoms with Gasteiger partial charge in [-0.15, -0.1) is 0 Å². The summed E-state index contributed by atoms with van der Waals surface area (Å²) in [5.74, 6) is 0.831. The van der Waals surface area contributed by atoms with Crippen LogP contribution in [0.5, 0.6) is 0 Å². The number of carbonyl (C=O) groups is 1. The smallest absolute Gasteiger partial charge is 0.240 e. The second-order valence-electron chi connectivity index (χ2n) is 7.36. The van der Waals surface area contributed by atoms with Crippen LogP contribution in [0.2, 0.25) is 0 Å². The van der Waals surface area contributed by atoms with Crippen molar-refractivity contribution in [2.24, 2.45) is 5.92 Å². The Morgan fingerprint density at radius 2 is 2.21 bits per heavy atom. The van der Waals surface area contributed by atoms with Gasteiger partial charge in [-0.2, -0.15) is 0 Å². The molecule has 0 saturated heterocycles. The average Bonchev–Trinajstić information content (AvgIpc) is 3.25. The van der Waals surface area contributed by atoms with Crippen molar-refractivity contribution in [2.45, 2.75) is 45.1 Å². The molecule has 0 radical (unpaired) electrons. The zero-order chi connectivity index (χ0) is 17.2. The Bertz CT molecular complexity index is 687. The zero-order valence-corrected chi connectivity index (χ0v) is 14.4. The van der Waals surface area contributed by atoms with Crippen molar-refractivity contribution in [2.75, 3.05) is 11.9 Å². The van der Waals surface area contributed by atoms with E-state index in [1.165, 1.54) is 12.8 Å². The molecule has 1 fully saturated rings. The van der Waals surface area contributed by atoms with Gasteiger partial charge in [0.25, 0.3) is 0 Å². The number of pyridine rings is 1. The minimum absolute atomic E-state index is 0.109. The molecule has 0 aromatic carbocycles. The second kappa shape index (κ2) is 6.73. The lowest BCUT2D eigenvalue weighted by Gasteiger charge is -2.17. The molecule has 1 aliphatic rings. The van der Waals surface area contributed by atoms with E-state index in [2.05, 4.69) is 20.8 Å². The summed E-state index contributed by atoms with van der Waals surface area (Å²) >= 11 is 0. The van der Waals surface area contributed by atoms with Gasteiger partial charge in [-0.05, 0) is 30.4 Å². The van der Waals surface area contributed by atoms with Crippen LogP contribution >= 0.6 is 0 Å². The van der Waals surface area contributed by atoms with Gasteiger partial charge in [0.05, 0.1) is 12.2 Å². The normalized spacial score (nSPS) is 16.0. The highest BCUT2D eigenvalue weighted by Crippen LogP contribution is 2.40. The summed E-state index contributed by atoms with van der Waals surface area (Å²) in [6.07, 6.45) is 5.99. The van der Waals surface area contributed by atoms with Gasteiger partial charge in [0.1, 0.15) is 0 Å². The molecule has 1 atom stereocenters. The van der Waals surface area contributed by atoms with E-state index in [0.29, 0.717) is 11.8 Å². The third kappa shape index (κ3) is 4.20. The maximum Gasteiger partial charge on any atom is 0.240 e. The Morgan fingerprint density at radius 3 is 2.79 bits per heavy atom. The third-order valence-electron chi connectivity index (χ3n) is 4.16. The molecule has 0 spiro atoms. The van der Waals surface area contributed by atoms with Crippen molar-refractivity contribution in [1.82, 2.24) is 15.5 Å². The summed E-state index contributed by atoms with van der Waals surface area (Å²) in [6, 6.07) is 5.92. The number of hydrogen-bond donors (Lipinski definition) is 2. The molecule has 2 aromatic heterocycles. The first-order valence-electron chi connectivity index (χ1n) is 8.34. The molecule has 0 unspecified atom stereocenters. The summed E-state index contributed by atoms with van der Waals surface area (Å²) in [4.78, 5) is 16.3. The molecule has 128 valence electrons. The standard InChI is InChI=1S/C18H24N4O2/c1-18(2,3)14-9-16(24-22-14)21-15(23)11-20-17(12-6-7-12)13-5-4-8-19-10-13/h4-5,8-10,12,17,20H,6-7,11H2,1-3H3,(H,21,23)/t17-/m1/s1. The minimum atomic E-state index is -0.138. The largest absolute Gasteiger partial charge is 0.338 e. The highest BCUT2D eigenvalue weighted by molar-refractivity contribution is 5.91.